The molecule has 0 aliphatic carbocycles. The monoisotopic (exact) mass is 764 g/mol. The van der Waals surface area contributed by atoms with Gasteiger partial charge in [-0.05, 0) is 56.2 Å². The van der Waals surface area contributed by atoms with Crippen molar-refractivity contribution in [2.45, 2.75) is 102 Å². The third-order valence-electron chi connectivity index (χ3n) is 9.09. The van der Waals surface area contributed by atoms with Crippen LogP contribution in [-0.4, -0.2) is 102 Å². The molecule has 17 nitrogen and oxygen atoms in total. The SMILES string of the molecule is CC(C)[C@@H]1NC(=O)[C@@H](CCCNC(=N)N)NC(=O)[C@H]([C@@H](C)O)NC(=O)[C@@H](CCCN)NC(=O)[C@H](Cc2ccccc2)NC(=O)[C@@H](Cc2ccccc2)NC1=O. The number of hydrogen-bond acceptors (Lipinski definition) is 9. The number of benzene rings is 2. The Balaban J connectivity index is 2.10. The fourth-order valence-electron chi connectivity index (χ4n) is 6.02. The number of amides is 6. The fraction of sp³-hybridized carbons (Fsp3) is 0.500. The molecule has 2 aromatic rings. The Hall–Kier alpha value is -5.55. The van der Waals surface area contributed by atoms with Crippen molar-refractivity contribution < 1.29 is 33.9 Å². The Bertz CT molecular complexity index is 1610. The molecule has 0 unspecified atom stereocenters. The molecule has 55 heavy (non-hydrogen) atoms. The summed E-state index contributed by atoms with van der Waals surface area (Å²) >= 11 is 0. The molecule has 17 heteroatoms. The maximum absolute atomic E-state index is 14.2. The molecule has 300 valence electrons. The van der Waals surface area contributed by atoms with Crippen LogP contribution < -0.4 is 48.7 Å². The van der Waals surface area contributed by atoms with E-state index >= 15 is 0 Å². The van der Waals surface area contributed by atoms with Gasteiger partial charge in [0.25, 0.3) is 0 Å². The number of rotatable bonds is 13. The first-order valence-corrected chi connectivity index (χ1v) is 18.6. The van der Waals surface area contributed by atoms with Gasteiger partial charge < -0.3 is 53.8 Å². The molecular formula is C38H56N10O7. The van der Waals surface area contributed by atoms with E-state index in [1.807, 2.05) is 6.07 Å². The fourth-order valence-corrected chi connectivity index (χ4v) is 6.02. The third-order valence-corrected chi connectivity index (χ3v) is 9.09. The van der Waals surface area contributed by atoms with E-state index in [4.69, 9.17) is 16.9 Å². The van der Waals surface area contributed by atoms with E-state index in [1.54, 1.807) is 68.4 Å². The number of carbonyl (C=O) groups is 6. The van der Waals surface area contributed by atoms with E-state index in [0.29, 0.717) is 17.5 Å². The van der Waals surface area contributed by atoms with E-state index in [2.05, 4.69) is 37.2 Å². The van der Waals surface area contributed by atoms with Crippen LogP contribution in [0.5, 0.6) is 0 Å². The second-order valence-corrected chi connectivity index (χ2v) is 14.0. The van der Waals surface area contributed by atoms with Crippen LogP contribution in [0.2, 0.25) is 0 Å². The zero-order valence-electron chi connectivity index (χ0n) is 31.6. The number of nitrogens with one attached hydrogen (secondary N) is 8. The molecule has 1 aliphatic rings. The molecule has 7 atom stereocenters. The molecule has 1 fully saturated rings. The Morgan fingerprint density at radius 1 is 0.636 bits per heavy atom. The summed E-state index contributed by atoms with van der Waals surface area (Å²) in [5.41, 5.74) is 12.6. The lowest BCUT2D eigenvalue weighted by Crippen LogP contribution is -2.63. The van der Waals surface area contributed by atoms with Gasteiger partial charge in [-0.25, -0.2) is 0 Å². The molecule has 1 heterocycles. The lowest BCUT2D eigenvalue weighted by molar-refractivity contribution is -0.138. The van der Waals surface area contributed by atoms with E-state index in [9.17, 15) is 33.9 Å². The minimum atomic E-state index is -1.56. The van der Waals surface area contributed by atoms with Crippen LogP contribution >= 0.6 is 0 Å². The largest absolute Gasteiger partial charge is 0.391 e. The number of guanidine groups is 1. The van der Waals surface area contributed by atoms with Crippen molar-refractivity contribution in [2.75, 3.05) is 13.1 Å². The second kappa shape index (κ2) is 22.0. The molecule has 6 amide bonds. The Morgan fingerprint density at radius 3 is 1.49 bits per heavy atom. The lowest BCUT2D eigenvalue weighted by atomic mass is 9.99. The summed E-state index contributed by atoms with van der Waals surface area (Å²) in [7, 11) is 0. The first-order valence-electron chi connectivity index (χ1n) is 18.6. The van der Waals surface area contributed by atoms with Gasteiger partial charge in [0.2, 0.25) is 35.4 Å². The summed E-state index contributed by atoms with van der Waals surface area (Å²) in [5.74, 6) is -5.26. The third kappa shape index (κ3) is 14.3. The zero-order valence-corrected chi connectivity index (χ0v) is 31.6. The topological polar surface area (TPSA) is 283 Å². The van der Waals surface area contributed by atoms with Crippen molar-refractivity contribution in [1.82, 2.24) is 37.2 Å². The molecule has 0 bridgehead atoms. The summed E-state index contributed by atoms with van der Waals surface area (Å²) in [6, 6.07) is 10.2. The van der Waals surface area contributed by atoms with Crippen molar-refractivity contribution in [1.29, 1.82) is 5.41 Å². The molecule has 0 radical (unpaired) electrons. The van der Waals surface area contributed by atoms with Crippen molar-refractivity contribution in [2.24, 2.45) is 17.4 Å². The van der Waals surface area contributed by atoms with Gasteiger partial charge >= 0.3 is 0 Å². The van der Waals surface area contributed by atoms with Gasteiger partial charge in [0.05, 0.1) is 6.10 Å². The number of aliphatic hydroxyl groups excluding tert-OH is 1. The number of aliphatic hydroxyl groups is 1. The molecule has 2 aromatic carbocycles. The molecule has 13 N–H and O–H groups in total. The van der Waals surface area contributed by atoms with Crippen LogP contribution in [0.15, 0.2) is 60.7 Å². The van der Waals surface area contributed by atoms with Crippen LogP contribution in [0, 0.1) is 11.3 Å². The summed E-state index contributed by atoms with van der Waals surface area (Å²) in [6.45, 7) is 5.05. The average molecular weight is 765 g/mol. The predicted molar refractivity (Wildman–Crippen MR) is 206 cm³/mol. The van der Waals surface area contributed by atoms with Crippen LogP contribution in [0.1, 0.15) is 57.6 Å². The Morgan fingerprint density at radius 2 is 1.04 bits per heavy atom. The van der Waals surface area contributed by atoms with Gasteiger partial charge in [-0.15, -0.1) is 0 Å². The van der Waals surface area contributed by atoms with Crippen molar-refractivity contribution in [3.63, 3.8) is 0 Å². The zero-order chi connectivity index (χ0) is 40.5. The number of carbonyl (C=O) groups excluding carboxylic acids is 6. The predicted octanol–water partition coefficient (Wildman–Crippen LogP) is -1.57. The second-order valence-electron chi connectivity index (χ2n) is 14.0. The van der Waals surface area contributed by atoms with Crippen LogP contribution in [0.25, 0.3) is 0 Å². The number of nitrogens with two attached hydrogens (primary N) is 2. The first kappa shape index (κ1) is 43.9. The van der Waals surface area contributed by atoms with E-state index < -0.39 is 83.7 Å². The highest BCUT2D eigenvalue weighted by Crippen LogP contribution is 2.12. The van der Waals surface area contributed by atoms with Crippen LogP contribution in [-0.2, 0) is 41.6 Å². The molecule has 1 saturated heterocycles. The van der Waals surface area contributed by atoms with Gasteiger partial charge in [0.15, 0.2) is 5.96 Å². The lowest BCUT2D eigenvalue weighted by Gasteiger charge is -2.30. The van der Waals surface area contributed by atoms with Crippen molar-refractivity contribution in [3.05, 3.63) is 71.8 Å². The summed E-state index contributed by atoms with van der Waals surface area (Å²) in [6.07, 6.45) is -0.738. The Labute approximate surface area is 321 Å². The normalized spacial score (nSPS) is 23.8. The summed E-state index contributed by atoms with van der Waals surface area (Å²) < 4.78 is 0. The molecule has 1 aliphatic heterocycles. The maximum atomic E-state index is 14.2. The summed E-state index contributed by atoms with van der Waals surface area (Å²) in [5, 5.41) is 36.8. The van der Waals surface area contributed by atoms with Crippen LogP contribution in [0.4, 0.5) is 0 Å². The highest BCUT2D eigenvalue weighted by molar-refractivity contribution is 5.98. The number of hydrogen-bond donors (Lipinski definition) is 11. The minimum absolute atomic E-state index is 0.0157. The maximum Gasteiger partial charge on any atom is 0.245 e. The van der Waals surface area contributed by atoms with E-state index in [1.165, 1.54) is 6.92 Å². The molecule has 0 saturated carbocycles. The summed E-state index contributed by atoms with van der Waals surface area (Å²) in [4.78, 5) is 83.5. The quantitative estimate of drug-likeness (QED) is 0.0634. The van der Waals surface area contributed by atoms with Gasteiger partial charge in [-0.1, -0.05) is 74.5 Å². The molecular weight excluding hydrogens is 708 g/mol. The van der Waals surface area contributed by atoms with Gasteiger partial charge in [-0.3, -0.25) is 34.2 Å². The Kier molecular flexibility index (Phi) is 17.5. The van der Waals surface area contributed by atoms with Gasteiger partial charge in [0, 0.05) is 19.4 Å². The van der Waals surface area contributed by atoms with Crippen LogP contribution in [0.3, 0.4) is 0 Å². The first-order chi connectivity index (χ1) is 26.2. The van der Waals surface area contributed by atoms with Crippen molar-refractivity contribution >= 4 is 41.4 Å². The van der Waals surface area contributed by atoms with E-state index in [0.717, 1.165) is 0 Å². The average Bonchev–Trinajstić information content (AvgIpc) is 3.14. The highest BCUT2D eigenvalue weighted by atomic mass is 16.3. The molecule has 0 spiro atoms. The smallest absolute Gasteiger partial charge is 0.245 e. The van der Waals surface area contributed by atoms with Gasteiger partial charge in [-0.2, -0.15) is 0 Å². The van der Waals surface area contributed by atoms with Crippen molar-refractivity contribution in [3.8, 4) is 0 Å². The standard InChI is InChI=1S/C38H56N10O7/c1-22(2)30-36(54)46-29(21-25-14-8-5-9-15-25)35(53)45-28(20-24-12-6-4-7-13-24)34(52)43-26(16-10-18-39)33(51)48-31(23(3)49)37(55)44-27(32(50)47-30)17-11-19-42-38(40)41/h4-9,12-15,22-23,26-31,49H,10-11,16-21,39H2,1-3H3,(H,43,52)(H,44,55)(H,45,53)(H,46,54)(H,47,50)(H,48,51)(H4,40,41,42)/t23-,26-,27-,28+,29-,30+,31+/m1/s1. The highest BCUT2D eigenvalue weighted by Gasteiger charge is 2.36. The molecule has 3 rings (SSSR count). The molecule has 0 aromatic heterocycles. The van der Waals surface area contributed by atoms with Gasteiger partial charge in [0.1, 0.15) is 36.3 Å². The van der Waals surface area contributed by atoms with E-state index in [-0.39, 0.29) is 51.2 Å². The minimum Gasteiger partial charge on any atom is -0.391 e.